The number of aryl methyl sites for hydroxylation is 1. The molecule has 1 saturated heterocycles. The van der Waals surface area contributed by atoms with Crippen LogP contribution in [0.1, 0.15) is 5.69 Å². The first-order chi connectivity index (χ1) is 14.3. The molecule has 0 aromatic carbocycles. The van der Waals surface area contributed by atoms with Crippen LogP contribution < -0.4 is 9.80 Å². The van der Waals surface area contributed by atoms with Crippen LogP contribution in [0, 0.1) is 6.92 Å². The molecule has 1 aliphatic heterocycles. The topological polar surface area (TPSA) is 97.2 Å². The summed E-state index contributed by atoms with van der Waals surface area (Å²) in [7, 11) is 0. The fourth-order valence-corrected chi connectivity index (χ4v) is 3.38. The van der Waals surface area contributed by atoms with Gasteiger partial charge in [0, 0.05) is 56.4 Å². The molecule has 0 unspecified atom stereocenters. The Balaban J connectivity index is 1.42. The van der Waals surface area contributed by atoms with Gasteiger partial charge >= 0.3 is 0 Å². The second kappa shape index (κ2) is 7.34. The molecule has 0 bridgehead atoms. The third-order valence-electron chi connectivity index (χ3n) is 4.86. The molecule has 146 valence electrons. The van der Waals surface area contributed by atoms with Gasteiger partial charge in [0.25, 0.3) is 0 Å². The van der Waals surface area contributed by atoms with Crippen LogP contribution in [-0.4, -0.2) is 51.3 Å². The zero-order valence-electron chi connectivity index (χ0n) is 15.9. The Hall–Kier alpha value is -3.75. The molecule has 0 aliphatic carbocycles. The molecule has 0 spiro atoms. The first kappa shape index (κ1) is 17.4. The maximum absolute atomic E-state index is 5.44. The van der Waals surface area contributed by atoms with E-state index in [0.29, 0.717) is 11.7 Å². The van der Waals surface area contributed by atoms with Gasteiger partial charge in [-0.25, -0.2) is 19.9 Å². The largest absolute Gasteiger partial charge is 0.472 e. The molecule has 9 nitrogen and oxygen atoms in total. The van der Waals surface area contributed by atoms with E-state index in [9.17, 15) is 0 Å². The van der Waals surface area contributed by atoms with Gasteiger partial charge in [0.05, 0.1) is 29.5 Å². The summed E-state index contributed by atoms with van der Waals surface area (Å²) in [6.45, 7) is 5.05. The van der Waals surface area contributed by atoms with Gasteiger partial charge in [0.2, 0.25) is 11.9 Å². The van der Waals surface area contributed by atoms with Gasteiger partial charge in [-0.15, -0.1) is 0 Å². The highest BCUT2D eigenvalue weighted by Gasteiger charge is 2.23. The lowest BCUT2D eigenvalue weighted by Crippen LogP contribution is -2.47. The summed E-state index contributed by atoms with van der Waals surface area (Å²) in [5, 5.41) is 3.98. The standard InChI is InChI=1S/C20H19N7O2/c1-14-11-17(29-25-14)16-12-23-20(24-18(16)15-3-10-28-13-15)27-8-6-26(7-9-27)19-21-4-2-5-22-19/h2-5,10-13H,6-9H2,1H3. The van der Waals surface area contributed by atoms with Crippen molar-refractivity contribution in [3.8, 4) is 22.6 Å². The summed E-state index contributed by atoms with van der Waals surface area (Å²) >= 11 is 0. The van der Waals surface area contributed by atoms with Crippen LogP contribution in [0.2, 0.25) is 0 Å². The molecule has 0 radical (unpaired) electrons. The summed E-state index contributed by atoms with van der Waals surface area (Å²) in [6.07, 6.45) is 8.61. The molecule has 4 aromatic heterocycles. The first-order valence-electron chi connectivity index (χ1n) is 9.38. The number of furan rings is 1. The van der Waals surface area contributed by atoms with Gasteiger partial charge in [0.1, 0.15) is 0 Å². The predicted molar refractivity (Wildman–Crippen MR) is 106 cm³/mol. The Labute approximate surface area is 167 Å². The molecule has 0 atom stereocenters. The third-order valence-corrected chi connectivity index (χ3v) is 4.86. The van der Waals surface area contributed by atoms with Crippen LogP contribution in [0.4, 0.5) is 11.9 Å². The maximum atomic E-state index is 5.44. The highest BCUT2D eigenvalue weighted by atomic mass is 16.5. The van der Waals surface area contributed by atoms with Crippen molar-refractivity contribution in [2.75, 3.05) is 36.0 Å². The van der Waals surface area contributed by atoms with Gasteiger partial charge < -0.3 is 18.7 Å². The van der Waals surface area contributed by atoms with E-state index in [1.54, 1.807) is 31.1 Å². The van der Waals surface area contributed by atoms with Crippen molar-refractivity contribution in [1.29, 1.82) is 0 Å². The normalized spacial score (nSPS) is 14.4. The third kappa shape index (κ3) is 3.42. The van der Waals surface area contributed by atoms with Crippen LogP contribution in [0.15, 0.2) is 58.3 Å². The minimum atomic E-state index is 0.635. The number of anilines is 2. The van der Waals surface area contributed by atoms with E-state index >= 15 is 0 Å². The van der Waals surface area contributed by atoms with Gasteiger partial charge in [-0.05, 0) is 19.1 Å². The monoisotopic (exact) mass is 389 g/mol. The van der Waals surface area contributed by atoms with Crippen molar-refractivity contribution in [3.05, 3.63) is 55.0 Å². The molecule has 4 aromatic rings. The summed E-state index contributed by atoms with van der Waals surface area (Å²) in [4.78, 5) is 22.4. The molecule has 9 heteroatoms. The molecule has 0 amide bonds. The number of rotatable bonds is 4. The van der Waals surface area contributed by atoms with E-state index in [0.717, 1.165) is 54.6 Å². The average Bonchev–Trinajstić information content (AvgIpc) is 3.46. The summed E-state index contributed by atoms with van der Waals surface area (Å²) in [5.74, 6) is 2.06. The van der Waals surface area contributed by atoms with Crippen molar-refractivity contribution in [3.63, 3.8) is 0 Å². The van der Waals surface area contributed by atoms with Gasteiger partial charge in [-0.2, -0.15) is 0 Å². The Morgan fingerprint density at radius 2 is 1.72 bits per heavy atom. The molecular weight excluding hydrogens is 370 g/mol. The maximum Gasteiger partial charge on any atom is 0.226 e. The smallest absolute Gasteiger partial charge is 0.226 e. The number of nitrogens with zero attached hydrogens (tertiary/aromatic N) is 7. The molecular formula is C20H19N7O2. The highest BCUT2D eigenvalue weighted by Crippen LogP contribution is 2.32. The molecule has 1 aliphatic rings. The number of hydrogen-bond donors (Lipinski definition) is 0. The highest BCUT2D eigenvalue weighted by molar-refractivity contribution is 5.78. The van der Waals surface area contributed by atoms with E-state index in [-0.39, 0.29) is 0 Å². The molecule has 0 saturated carbocycles. The van der Waals surface area contributed by atoms with E-state index in [1.165, 1.54) is 0 Å². The second-order valence-corrected chi connectivity index (χ2v) is 6.80. The quantitative estimate of drug-likeness (QED) is 0.522. The van der Waals surface area contributed by atoms with Crippen LogP contribution >= 0.6 is 0 Å². The van der Waals surface area contributed by atoms with Crippen LogP contribution in [0.3, 0.4) is 0 Å². The van der Waals surface area contributed by atoms with Crippen molar-refractivity contribution in [1.82, 2.24) is 25.1 Å². The number of piperazine rings is 1. The van der Waals surface area contributed by atoms with Gasteiger partial charge in [-0.3, -0.25) is 0 Å². The van der Waals surface area contributed by atoms with E-state index in [1.807, 2.05) is 25.1 Å². The van der Waals surface area contributed by atoms with Crippen molar-refractivity contribution in [2.45, 2.75) is 6.92 Å². The fraction of sp³-hybridized carbons (Fsp3) is 0.250. The summed E-state index contributed by atoms with van der Waals surface area (Å²) in [5.41, 5.74) is 3.22. The minimum Gasteiger partial charge on any atom is -0.472 e. The van der Waals surface area contributed by atoms with Crippen molar-refractivity contribution < 1.29 is 8.94 Å². The minimum absolute atomic E-state index is 0.635. The van der Waals surface area contributed by atoms with Crippen LogP contribution in [-0.2, 0) is 0 Å². The second-order valence-electron chi connectivity index (χ2n) is 6.80. The lowest BCUT2D eigenvalue weighted by molar-refractivity contribution is 0.427. The van der Waals surface area contributed by atoms with Crippen LogP contribution in [0.5, 0.6) is 0 Å². The molecule has 29 heavy (non-hydrogen) atoms. The SMILES string of the molecule is Cc1cc(-c2cnc(N3CCN(c4ncccn4)CC3)nc2-c2ccoc2)on1. The van der Waals surface area contributed by atoms with E-state index in [2.05, 4.69) is 29.9 Å². The number of hydrogen-bond acceptors (Lipinski definition) is 9. The Kier molecular flexibility index (Phi) is 4.39. The first-order valence-corrected chi connectivity index (χ1v) is 9.38. The Morgan fingerprint density at radius 3 is 2.38 bits per heavy atom. The molecule has 5 heterocycles. The fourth-order valence-electron chi connectivity index (χ4n) is 3.38. The lowest BCUT2D eigenvalue weighted by atomic mass is 10.1. The molecule has 0 N–H and O–H groups in total. The molecule has 5 rings (SSSR count). The van der Waals surface area contributed by atoms with Crippen molar-refractivity contribution >= 4 is 11.9 Å². The zero-order chi connectivity index (χ0) is 19.6. The summed E-state index contributed by atoms with van der Waals surface area (Å²) in [6, 6.07) is 5.58. The Bertz CT molecular complexity index is 1090. The van der Waals surface area contributed by atoms with Gasteiger partial charge in [-0.1, -0.05) is 5.16 Å². The van der Waals surface area contributed by atoms with E-state index in [4.69, 9.17) is 13.9 Å². The van der Waals surface area contributed by atoms with Crippen LogP contribution in [0.25, 0.3) is 22.6 Å². The van der Waals surface area contributed by atoms with Crippen molar-refractivity contribution in [2.24, 2.45) is 0 Å². The zero-order valence-corrected chi connectivity index (χ0v) is 15.9. The average molecular weight is 389 g/mol. The predicted octanol–water partition coefficient (Wildman–Crippen LogP) is 2.82. The Morgan fingerprint density at radius 1 is 0.966 bits per heavy atom. The molecule has 1 fully saturated rings. The summed E-state index contributed by atoms with van der Waals surface area (Å²) < 4.78 is 10.7. The van der Waals surface area contributed by atoms with E-state index < -0.39 is 0 Å². The van der Waals surface area contributed by atoms with Gasteiger partial charge in [0.15, 0.2) is 5.76 Å². The number of aromatic nitrogens is 5. The lowest BCUT2D eigenvalue weighted by Gasteiger charge is -2.34.